The standard InChI is InChI=1S/C31H30F4N4O2S/c32-21-11-12-26-27(19-21)42-28(37-26)39-17-15-38(16-18-39)14-6-5-13-30(41-29(40)36-20-31(33,34)35)24-9-3-1-7-22(24)23-8-2-4-10-25(23)30/h1-4,7-12,19H,5-6,13-18,20H2,(H,36,40). The Morgan fingerprint density at radius 2 is 1.62 bits per heavy atom. The molecular weight excluding hydrogens is 568 g/mol. The monoisotopic (exact) mass is 598 g/mol. The Hall–Kier alpha value is -3.70. The number of piperazine rings is 1. The molecule has 2 aliphatic rings. The van der Waals surface area contributed by atoms with Crippen molar-refractivity contribution < 1.29 is 27.1 Å². The Kier molecular flexibility index (Phi) is 7.80. The van der Waals surface area contributed by atoms with Crippen LogP contribution in [0.15, 0.2) is 66.7 Å². The molecule has 0 bridgehead atoms. The van der Waals surface area contributed by atoms with Gasteiger partial charge in [-0.05, 0) is 55.1 Å². The van der Waals surface area contributed by atoms with Crippen LogP contribution in [0.2, 0.25) is 0 Å². The fourth-order valence-electron chi connectivity index (χ4n) is 5.98. The van der Waals surface area contributed by atoms with Crippen molar-refractivity contribution in [2.75, 3.05) is 44.2 Å². The Balaban J connectivity index is 1.10. The van der Waals surface area contributed by atoms with E-state index in [0.29, 0.717) is 12.8 Å². The van der Waals surface area contributed by atoms with Gasteiger partial charge in [0.1, 0.15) is 12.4 Å². The number of hydrogen-bond donors (Lipinski definition) is 1. The molecule has 1 N–H and O–H groups in total. The van der Waals surface area contributed by atoms with Gasteiger partial charge in [0.05, 0.1) is 10.2 Å². The molecule has 1 saturated heterocycles. The number of benzene rings is 3. The van der Waals surface area contributed by atoms with Gasteiger partial charge < -0.3 is 15.0 Å². The maximum absolute atomic E-state index is 13.6. The summed E-state index contributed by atoms with van der Waals surface area (Å²) in [5.41, 5.74) is 3.05. The molecule has 11 heteroatoms. The van der Waals surface area contributed by atoms with Gasteiger partial charge >= 0.3 is 12.3 Å². The molecule has 1 amide bonds. The highest BCUT2D eigenvalue weighted by atomic mass is 32.1. The number of nitrogens with one attached hydrogen (secondary N) is 1. The minimum absolute atomic E-state index is 0.263. The maximum atomic E-state index is 13.6. The fourth-order valence-corrected chi connectivity index (χ4v) is 7.02. The number of carbonyl (C=O) groups is 1. The number of rotatable bonds is 8. The predicted octanol–water partition coefficient (Wildman–Crippen LogP) is 6.94. The lowest BCUT2D eigenvalue weighted by Crippen LogP contribution is -2.46. The first-order valence-electron chi connectivity index (χ1n) is 14.0. The molecule has 4 aromatic rings. The van der Waals surface area contributed by atoms with Gasteiger partial charge in [-0.3, -0.25) is 4.90 Å². The molecule has 0 atom stereocenters. The summed E-state index contributed by atoms with van der Waals surface area (Å²) in [4.78, 5) is 22.0. The molecule has 0 unspecified atom stereocenters. The molecule has 1 aromatic heterocycles. The first kappa shape index (κ1) is 28.4. The zero-order valence-electron chi connectivity index (χ0n) is 22.8. The number of halogens is 4. The number of nitrogens with zero attached hydrogens (tertiary/aromatic N) is 3. The number of thiazole rings is 1. The van der Waals surface area contributed by atoms with Crippen LogP contribution in [-0.2, 0) is 10.3 Å². The maximum Gasteiger partial charge on any atom is 0.408 e. The average Bonchev–Trinajstić information content (AvgIpc) is 3.52. The van der Waals surface area contributed by atoms with E-state index in [-0.39, 0.29) is 5.82 Å². The number of amides is 1. The molecule has 1 aliphatic carbocycles. The Bertz CT molecular complexity index is 1540. The number of alkyl halides is 3. The lowest BCUT2D eigenvalue weighted by Gasteiger charge is -2.35. The summed E-state index contributed by atoms with van der Waals surface area (Å²) in [5, 5.41) is 2.78. The second-order valence-electron chi connectivity index (χ2n) is 10.7. The van der Waals surface area contributed by atoms with Crippen molar-refractivity contribution in [3.8, 4) is 11.1 Å². The smallest absolute Gasteiger partial charge is 0.408 e. The van der Waals surface area contributed by atoms with E-state index in [2.05, 4.69) is 14.8 Å². The van der Waals surface area contributed by atoms with E-state index in [1.54, 1.807) is 6.07 Å². The molecule has 6 rings (SSSR count). The van der Waals surface area contributed by atoms with Crippen molar-refractivity contribution in [1.82, 2.24) is 15.2 Å². The molecule has 220 valence electrons. The third-order valence-corrected chi connectivity index (χ3v) is 9.03. The van der Waals surface area contributed by atoms with E-state index in [1.807, 2.05) is 53.8 Å². The van der Waals surface area contributed by atoms with Crippen molar-refractivity contribution in [2.24, 2.45) is 0 Å². The molecule has 6 nitrogen and oxygen atoms in total. The van der Waals surface area contributed by atoms with Gasteiger partial charge in [0.25, 0.3) is 0 Å². The lowest BCUT2D eigenvalue weighted by atomic mass is 9.86. The summed E-state index contributed by atoms with van der Waals surface area (Å²) in [6.45, 7) is 2.74. The van der Waals surface area contributed by atoms with Crippen molar-refractivity contribution in [1.29, 1.82) is 0 Å². The summed E-state index contributed by atoms with van der Waals surface area (Å²) in [7, 11) is 0. The lowest BCUT2D eigenvalue weighted by molar-refractivity contribution is -0.124. The quantitative estimate of drug-likeness (QED) is 0.176. The number of carbonyl (C=O) groups excluding carboxylic acids is 1. The Morgan fingerprint density at radius 3 is 2.29 bits per heavy atom. The van der Waals surface area contributed by atoms with Gasteiger partial charge in [-0.1, -0.05) is 59.9 Å². The third-order valence-electron chi connectivity index (χ3n) is 7.95. The van der Waals surface area contributed by atoms with Crippen LogP contribution in [0.4, 0.5) is 27.5 Å². The highest BCUT2D eigenvalue weighted by Gasteiger charge is 2.46. The van der Waals surface area contributed by atoms with Crippen LogP contribution in [0.5, 0.6) is 0 Å². The molecule has 0 saturated carbocycles. The molecule has 42 heavy (non-hydrogen) atoms. The van der Waals surface area contributed by atoms with Crippen molar-refractivity contribution in [2.45, 2.75) is 31.0 Å². The van der Waals surface area contributed by atoms with Crippen LogP contribution < -0.4 is 10.2 Å². The number of alkyl carbamates (subject to hydrolysis) is 1. The molecule has 0 spiro atoms. The Morgan fingerprint density at radius 1 is 0.952 bits per heavy atom. The topological polar surface area (TPSA) is 57.7 Å². The summed E-state index contributed by atoms with van der Waals surface area (Å²) < 4.78 is 58.8. The number of ether oxygens (including phenoxy) is 1. The van der Waals surface area contributed by atoms with Crippen LogP contribution in [0.25, 0.3) is 21.3 Å². The molecule has 2 heterocycles. The van der Waals surface area contributed by atoms with Crippen molar-refractivity contribution in [3.05, 3.63) is 83.7 Å². The summed E-state index contributed by atoms with van der Waals surface area (Å²) >= 11 is 1.50. The van der Waals surface area contributed by atoms with E-state index in [1.165, 1.54) is 23.5 Å². The zero-order valence-corrected chi connectivity index (χ0v) is 23.6. The normalized spacial score (nSPS) is 16.3. The SMILES string of the molecule is O=C(NCC(F)(F)F)OC1(CCCCN2CCN(c3nc4ccc(F)cc4s3)CC2)c2ccccc2-c2ccccc21. The van der Waals surface area contributed by atoms with E-state index < -0.39 is 24.4 Å². The van der Waals surface area contributed by atoms with Gasteiger partial charge in [-0.25, -0.2) is 14.2 Å². The van der Waals surface area contributed by atoms with Gasteiger partial charge in [-0.2, -0.15) is 13.2 Å². The number of hydrogen-bond acceptors (Lipinski definition) is 6. The average molecular weight is 599 g/mol. The van der Waals surface area contributed by atoms with E-state index in [9.17, 15) is 22.4 Å². The second kappa shape index (κ2) is 11.5. The van der Waals surface area contributed by atoms with Crippen molar-refractivity contribution in [3.63, 3.8) is 0 Å². The summed E-state index contributed by atoms with van der Waals surface area (Å²) in [5.74, 6) is -0.263. The number of unbranched alkanes of at least 4 members (excludes halogenated alkanes) is 1. The van der Waals surface area contributed by atoms with Gasteiger partial charge in [0.15, 0.2) is 10.7 Å². The minimum Gasteiger partial charge on any atom is -0.433 e. The second-order valence-corrected chi connectivity index (χ2v) is 11.7. The molecule has 1 aliphatic heterocycles. The van der Waals surface area contributed by atoms with Crippen LogP contribution in [-0.4, -0.2) is 61.4 Å². The molecule has 1 fully saturated rings. The van der Waals surface area contributed by atoms with E-state index >= 15 is 0 Å². The van der Waals surface area contributed by atoms with Crippen molar-refractivity contribution >= 4 is 32.8 Å². The first-order chi connectivity index (χ1) is 20.2. The molecule has 0 radical (unpaired) electrons. The predicted molar refractivity (Wildman–Crippen MR) is 155 cm³/mol. The van der Waals surface area contributed by atoms with Crippen LogP contribution in [0.1, 0.15) is 30.4 Å². The largest absolute Gasteiger partial charge is 0.433 e. The van der Waals surface area contributed by atoms with E-state index in [4.69, 9.17) is 4.74 Å². The molecule has 3 aromatic carbocycles. The zero-order chi connectivity index (χ0) is 29.3. The van der Waals surface area contributed by atoms with Gasteiger partial charge in [0.2, 0.25) is 0 Å². The highest BCUT2D eigenvalue weighted by Crippen LogP contribution is 2.52. The van der Waals surface area contributed by atoms with Gasteiger partial charge in [-0.15, -0.1) is 0 Å². The first-order valence-corrected chi connectivity index (χ1v) is 14.8. The van der Waals surface area contributed by atoms with Crippen LogP contribution in [0.3, 0.4) is 0 Å². The number of fused-ring (bicyclic) bond motifs is 4. The van der Waals surface area contributed by atoms with E-state index in [0.717, 1.165) is 76.7 Å². The fraction of sp³-hybridized carbons (Fsp3) is 0.355. The van der Waals surface area contributed by atoms with Gasteiger partial charge in [0, 0.05) is 37.3 Å². The van der Waals surface area contributed by atoms with Crippen LogP contribution >= 0.6 is 11.3 Å². The molecular formula is C31H30F4N4O2S. The summed E-state index contributed by atoms with van der Waals surface area (Å²) in [6, 6.07) is 19.9. The highest BCUT2D eigenvalue weighted by molar-refractivity contribution is 7.22. The number of anilines is 1. The third kappa shape index (κ3) is 5.80. The number of aromatic nitrogens is 1. The minimum atomic E-state index is -4.54. The van der Waals surface area contributed by atoms with Crippen LogP contribution in [0, 0.1) is 5.82 Å². The summed E-state index contributed by atoms with van der Waals surface area (Å²) in [6.07, 6.45) is -3.64. The Labute approximate surface area is 244 Å².